The van der Waals surface area contributed by atoms with Crippen molar-refractivity contribution in [3.63, 3.8) is 0 Å². The van der Waals surface area contributed by atoms with Crippen LogP contribution in [0.4, 0.5) is 0 Å². The lowest BCUT2D eigenvalue weighted by Crippen LogP contribution is -2.45. The van der Waals surface area contributed by atoms with E-state index in [1.54, 1.807) is 19.5 Å². The summed E-state index contributed by atoms with van der Waals surface area (Å²) in [5.41, 5.74) is 2.09. The molecule has 0 fully saturated rings. The number of benzene rings is 1. The Morgan fingerprint density at radius 2 is 1.84 bits per heavy atom. The van der Waals surface area contributed by atoms with Gasteiger partial charge in [-0.1, -0.05) is 32.0 Å². The highest BCUT2D eigenvalue weighted by molar-refractivity contribution is 5.75. The number of pyridine rings is 1. The number of rotatable bonds is 8. The van der Waals surface area contributed by atoms with Crippen molar-refractivity contribution in [1.29, 1.82) is 0 Å². The van der Waals surface area contributed by atoms with Crippen molar-refractivity contribution in [2.75, 3.05) is 7.11 Å². The van der Waals surface area contributed by atoms with Crippen LogP contribution in [0.3, 0.4) is 0 Å². The number of nitrogens with zero attached hydrogens (tertiary/aromatic N) is 2. The molecule has 0 saturated heterocycles. The standard InChI is InChI=1S/C19H25N3O3/c1-14(2)18(19(23)25-20)22(13-16-5-4-10-21-11-16)12-15-6-8-17(24-3)9-7-15/h4-11,14,18H,12-13,20H2,1-3H3/t18-/m1/s1. The van der Waals surface area contributed by atoms with Gasteiger partial charge in [0.15, 0.2) is 0 Å². The van der Waals surface area contributed by atoms with E-state index in [-0.39, 0.29) is 5.92 Å². The minimum absolute atomic E-state index is 0.0472. The molecule has 25 heavy (non-hydrogen) atoms. The molecule has 0 radical (unpaired) electrons. The minimum atomic E-state index is -0.452. The van der Waals surface area contributed by atoms with Crippen LogP contribution in [-0.2, 0) is 22.7 Å². The van der Waals surface area contributed by atoms with E-state index < -0.39 is 12.0 Å². The summed E-state index contributed by atoms with van der Waals surface area (Å²) >= 11 is 0. The van der Waals surface area contributed by atoms with Gasteiger partial charge in [0.2, 0.25) is 0 Å². The average Bonchev–Trinajstić information content (AvgIpc) is 2.62. The molecule has 0 aliphatic heterocycles. The van der Waals surface area contributed by atoms with E-state index in [9.17, 15) is 4.79 Å². The SMILES string of the molecule is COc1ccc(CN(Cc2cccnc2)[C@@H](C(=O)ON)C(C)C)cc1. The Balaban J connectivity index is 2.27. The Morgan fingerprint density at radius 3 is 2.36 bits per heavy atom. The first-order chi connectivity index (χ1) is 12.0. The number of hydrogen-bond acceptors (Lipinski definition) is 6. The number of hydrogen-bond donors (Lipinski definition) is 1. The molecule has 1 atom stereocenters. The number of carbonyl (C=O) groups excluding carboxylic acids is 1. The predicted octanol–water partition coefficient (Wildman–Crippen LogP) is 2.53. The summed E-state index contributed by atoms with van der Waals surface area (Å²) in [5.74, 6) is 5.57. The molecule has 0 aliphatic rings. The van der Waals surface area contributed by atoms with Crippen LogP contribution in [0.15, 0.2) is 48.8 Å². The Bertz CT molecular complexity index is 659. The molecule has 1 aromatic carbocycles. The second kappa shape index (κ2) is 9.15. The average molecular weight is 343 g/mol. The lowest BCUT2D eigenvalue weighted by molar-refractivity contribution is -0.153. The van der Waals surface area contributed by atoms with Gasteiger partial charge >= 0.3 is 5.97 Å². The zero-order valence-corrected chi connectivity index (χ0v) is 14.9. The molecule has 6 heteroatoms. The van der Waals surface area contributed by atoms with Crippen molar-refractivity contribution in [3.05, 3.63) is 59.9 Å². The van der Waals surface area contributed by atoms with Gasteiger partial charge in [0.25, 0.3) is 0 Å². The first-order valence-corrected chi connectivity index (χ1v) is 8.21. The number of carbonyl (C=O) groups is 1. The maximum absolute atomic E-state index is 12.3. The lowest BCUT2D eigenvalue weighted by atomic mass is 10.0. The number of ether oxygens (including phenoxy) is 1. The molecule has 0 amide bonds. The van der Waals surface area contributed by atoms with Crippen molar-refractivity contribution in [3.8, 4) is 5.75 Å². The fraction of sp³-hybridized carbons (Fsp3) is 0.368. The quantitative estimate of drug-likeness (QED) is 0.742. The molecule has 0 spiro atoms. The molecular weight excluding hydrogens is 318 g/mol. The molecule has 2 rings (SSSR count). The van der Waals surface area contributed by atoms with Crippen LogP contribution in [0.25, 0.3) is 0 Å². The van der Waals surface area contributed by atoms with Crippen LogP contribution in [0, 0.1) is 5.92 Å². The highest BCUT2D eigenvalue weighted by atomic mass is 16.7. The third-order valence-corrected chi connectivity index (χ3v) is 4.04. The third-order valence-electron chi connectivity index (χ3n) is 4.04. The van der Waals surface area contributed by atoms with Gasteiger partial charge in [-0.2, -0.15) is 5.90 Å². The second-order valence-electron chi connectivity index (χ2n) is 6.24. The number of aromatic nitrogens is 1. The van der Waals surface area contributed by atoms with Crippen LogP contribution in [0.1, 0.15) is 25.0 Å². The van der Waals surface area contributed by atoms with E-state index >= 15 is 0 Å². The van der Waals surface area contributed by atoms with E-state index in [1.807, 2.05) is 50.2 Å². The van der Waals surface area contributed by atoms with Gasteiger partial charge < -0.3 is 9.57 Å². The van der Waals surface area contributed by atoms with Gasteiger partial charge in [-0.3, -0.25) is 9.88 Å². The van der Waals surface area contributed by atoms with Crippen molar-refractivity contribution in [1.82, 2.24) is 9.88 Å². The van der Waals surface area contributed by atoms with Crippen LogP contribution in [0.5, 0.6) is 5.75 Å². The summed E-state index contributed by atoms with van der Waals surface area (Å²) in [7, 11) is 1.63. The summed E-state index contributed by atoms with van der Waals surface area (Å²) in [4.78, 5) is 23.0. The summed E-state index contributed by atoms with van der Waals surface area (Å²) < 4.78 is 5.20. The number of methoxy groups -OCH3 is 1. The van der Waals surface area contributed by atoms with Crippen LogP contribution in [-0.4, -0.2) is 29.0 Å². The minimum Gasteiger partial charge on any atom is -0.497 e. The van der Waals surface area contributed by atoms with Crippen LogP contribution in [0.2, 0.25) is 0 Å². The van der Waals surface area contributed by atoms with Gasteiger partial charge in [-0.05, 0) is 35.2 Å². The summed E-state index contributed by atoms with van der Waals surface area (Å²) in [6.45, 7) is 5.10. The van der Waals surface area contributed by atoms with Gasteiger partial charge in [0.05, 0.1) is 7.11 Å². The van der Waals surface area contributed by atoms with Crippen LogP contribution >= 0.6 is 0 Å². The van der Waals surface area contributed by atoms with E-state index in [0.717, 1.165) is 16.9 Å². The van der Waals surface area contributed by atoms with E-state index in [4.69, 9.17) is 10.6 Å². The Hall–Kier alpha value is -2.44. The molecule has 1 aromatic heterocycles. The molecule has 0 unspecified atom stereocenters. The Kier molecular flexibility index (Phi) is 6.91. The first kappa shape index (κ1) is 18.9. The largest absolute Gasteiger partial charge is 0.497 e. The summed E-state index contributed by atoms with van der Waals surface area (Å²) in [6.07, 6.45) is 3.53. The van der Waals surface area contributed by atoms with Crippen LogP contribution < -0.4 is 10.6 Å². The molecule has 2 N–H and O–H groups in total. The van der Waals surface area contributed by atoms with Gasteiger partial charge in [-0.15, -0.1) is 0 Å². The summed E-state index contributed by atoms with van der Waals surface area (Å²) in [5, 5.41) is 0. The molecule has 0 bridgehead atoms. The van der Waals surface area contributed by atoms with Gasteiger partial charge in [-0.25, -0.2) is 4.79 Å². The Labute approximate surface area is 148 Å². The van der Waals surface area contributed by atoms with Crippen molar-refractivity contribution in [2.24, 2.45) is 11.8 Å². The second-order valence-corrected chi connectivity index (χ2v) is 6.24. The van der Waals surface area contributed by atoms with Crippen molar-refractivity contribution in [2.45, 2.75) is 33.0 Å². The van der Waals surface area contributed by atoms with E-state index in [0.29, 0.717) is 13.1 Å². The van der Waals surface area contributed by atoms with E-state index in [1.165, 1.54) is 0 Å². The highest BCUT2D eigenvalue weighted by Gasteiger charge is 2.30. The monoisotopic (exact) mass is 343 g/mol. The zero-order valence-electron chi connectivity index (χ0n) is 14.9. The smallest absolute Gasteiger partial charge is 0.342 e. The number of nitrogens with two attached hydrogens (primary N) is 1. The predicted molar refractivity (Wildman–Crippen MR) is 95.4 cm³/mol. The molecule has 0 aliphatic carbocycles. The van der Waals surface area contributed by atoms with E-state index in [2.05, 4.69) is 14.7 Å². The molecule has 2 aromatic rings. The first-order valence-electron chi connectivity index (χ1n) is 8.21. The zero-order chi connectivity index (χ0) is 18.2. The molecule has 0 saturated carbocycles. The molecular formula is C19H25N3O3. The third kappa shape index (κ3) is 5.27. The topological polar surface area (TPSA) is 77.7 Å². The summed E-state index contributed by atoms with van der Waals surface area (Å²) in [6, 6.07) is 11.2. The normalized spacial score (nSPS) is 12.2. The maximum atomic E-state index is 12.3. The molecule has 6 nitrogen and oxygen atoms in total. The van der Waals surface area contributed by atoms with Gasteiger partial charge in [0.1, 0.15) is 11.8 Å². The highest BCUT2D eigenvalue weighted by Crippen LogP contribution is 2.20. The fourth-order valence-corrected chi connectivity index (χ4v) is 2.86. The fourth-order valence-electron chi connectivity index (χ4n) is 2.86. The Morgan fingerprint density at radius 1 is 1.16 bits per heavy atom. The molecule has 134 valence electrons. The maximum Gasteiger partial charge on any atom is 0.342 e. The van der Waals surface area contributed by atoms with Crippen molar-refractivity contribution < 1.29 is 14.4 Å². The molecule has 1 heterocycles. The van der Waals surface area contributed by atoms with Gasteiger partial charge in [0, 0.05) is 25.5 Å². The lowest BCUT2D eigenvalue weighted by Gasteiger charge is -2.32. The van der Waals surface area contributed by atoms with Crippen molar-refractivity contribution >= 4 is 5.97 Å².